The molecule has 3 aromatic rings. The number of nitrogens with one attached hydrogen (secondary N) is 2. The fraction of sp³-hybridized carbons (Fsp3) is 0.0625. The van der Waals surface area contributed by atoms with Gasteiger partial charge >= 0.3 is 0 Å². The summed E-state index contributed by atoms with van der Waals surface area (Å²) in [6.45, 7) is 0.434. The Morgan fingerprint density at radius 2 is 1.86 bits per heavy atom. The molecule has 21 heavy (non-hydrogen) atoms. The molecule has 1 aromatic heterocycles. The number of aromatic amines is 1. The maximum absolute atomic E-state index is 9.74. The van der Waals surface area contributed by atoms with Crippen molar-refractivity contribution in [1.82, 2.24) is 9.97 Å². The molecule has 5 nitrogen and oxygen atoms in total. The molecule has 0 aliphatic heterocycles. The number of benzene rings is 2. The van der Waals surface area contributed by atoms with Crippen molar-refractivity contribution in [3.63, 3.8) is 0 Å². The Balaban J connectivity index is 1.70. The number of para-hydroxylation sites is 1. The molecule has 106 valence electrons. The van der Waals surface area contributed by atoms with Crippen LogP contribution in [0.15, 0.2) is 55.0 Å². The number of aromatic hydroxyl groups is 2. The highest BCUT2D eigenvalue weighted by atomic mass is 16.3. The molecule has 0 spiro atoms. The summed E-state index contributed by atoms with van der Waals surface area (Å²) in [7, 11) is 0. The number of anilines is 1. The van der Waals surface area contributed by atoms with E-state index in [1.165, 1.54) is 6.07 Å². The lowest BCUT2D eigenvalue weighted by Crippen LogP contribution is -1.99. The maximum atomic E-state index is 9.74. The van der Waals surface area contributed by atoms with Crippen LogP contribution < -0.4 is 5.32 Å². The normalized spacial score (nSPS) is 10.5. The fourth-order valence-corrected chi connectivity index (χ4v) is 2.10. The number of imidazole rings is 1. The van der Waals surface area contributed by atoms with Gasteiger partial charge < -0.3 is 20.5 Å². The van der Waals surface area contributed by atoms with Crippen molar-refractivity contribution in [3.05, 3.63) is 60.6 Å². The smallest absolute Gasteiger partial charge is 0.162 e. The molecule has 4 N–H and O–H groups in total. The first-order valence-corrected chi connectivity index (χ1v) is 6.56. The van der Waals surface area contributed by atoms with E-state index in [-0.39, 0.29) is 11.5 Å². The topological polar surface area (TPSA) is 81.2 Å². The van der Waals surface area contributed by atoms with Gasteiger partial charge in [-0.05, 0) is 23.8 Å². The molecule has 0 saturated heterocycles. The number of hydrogen-bond acceptors (Lipinski definition) is 4. The molecule has 0 radical (unpaired) electrons. The summed E-state index contributed by atoms with van der Waals surface area (Å²) >= 11 is 0. The molecule has 0 bridgehead atoms. The summed E-state index contributed by atoms with van der Waals surface area (Å²) < 4.78 is 0. The second-order valence-corrected chi connectivity index (χ2v) is 4.68. The van der Waals surface area contributed by atoms with Gasteiger partial charge in [-0.3, -0.25) is 0 Å². The average molecular weight is 281 g/mol. The van der Waals surface area contributed by atoms with E-state index in [0.717, 1.165) is 16.9 Å². The van der Waals surface area contributed by atoms with E-state index in [0.29, 0.717) is 12.1 Å². The average Bonchev–Trinajstić information content (AvgIpc) is 3.04. The highest BCUT2D eigenvalue weighted by Gasteiger charge is 2.05. The number of nitrogens with zero attached hydrogens (tertiary/aromatic N) is 1. The van der Waals surface area contributed by atoms with Crippen molar-refractivity contribution < 1.29 is 10.2 Å². The molecular weight excluding hydrogens is 266 g/mol. The maximum Gasteiger partial charge on any atom is 0.162 e. The van der Waals surface area contributed by atoms with Crippen LogP contribution >= 0.6 is 0 Å². The Labute approximate surface area is 121 Å². The lowest BCUT2D eigenvalue weighted by Gasteiger charge is -2.09. The van der Waals surface area contributed by atoms with Gasteiger partial charge in [-0.25, -0.2) is 4.98 Å². The summed E-state index contributed by atoms with van der Waals surface area (Å²) in [5.41, 5.74) is 3.60. The molecule has 0 unspecified atom stereocenters. The van der Waals surface area contributed by atoms with E-state index in [9.17, 15) is 10.2 Å². The van der Waals surface area contributed by atoms with Gasteiger partial charge in [0, 0.05) is 17.8 Å². The summed E-state index contributed by atoms with van der Waals surface area (Å²) in [5.74, 6) is -0.192. The van der Waals surface area contributed by atoms with Crippen molar-refractivity contribution in [3.8, 4) is 22.8 Å². The number of aromatic nitrogens is 2. The zero-order chi connectivity index (χ0) is 14.7. The van der Waals surface area contributed by atoms with Crippen LogP contribution in [0, 0.1) is 0 Å². The third-order valence-corrected chi connectivity index (χ3v) is 3.28. The molecule has 0 aliphatic rings. The van der Waals surface area contributed by atoms with Gasteiger partial charge in [0.1, 0.15) is 0 Å². The van der Waals surface area contributed by atoms with Gasteiger partial charge in [-0.2, -0.15) is 0 Å². The Bertz CT molecular complexity index is 722. The highest BCUT2D eigenvalue weighted by Crippen LogP contribution is 2.28. The number of H-pyrrole nitrogens is 1. The van der Waals surface area contributed by atoms with Crippen molar-refractivity contribution in [2.24, 2.45) is 0 Å². The standard InChI is InChI=1S/C16H15N3O2/c20-15-3-1-2-12(16(15)21)8-18-13-6-4-11(5-7-13)14-9-17-10-19-14/h1-7,9-10,18,20-21H,8H2,(H,17,19). The highest BCUT2D eigenvalue weighted by molar-refractivity contribution is 5.62. The van der Waals surface area contributed by atoms with Gasteiger partial charge in [0.25, 0.3) is 0 Å². The van der Waals surface area contributed by atoms with Crippen LogP contribution in [0.4, 0.5) is 5.69 Å². The molecule has 0 aliphatic carbocycles. The van der Waals surface area contributed by atoms with E-state index in [1.807, 2.05) is 24.3 Å². The zero-order valence-corrected chi connectivity index (χ0v) is 11.2. The van der Waals surface area contributed by atoms with Gasteiger partial charge in [-0.1, -0.05) is 24.3 Å². The number of rotatable bonds is 4. The van der Waals surface area contributed by atoms with Gasteiger partial charge in [-0.15, -0.1) is 0 Å². The minimum absolute atomic E-state index is 0.0842. The first-order chi connectivity index (χ1) is 10.2. The Kier molecular flexibility index (Phi) is 3.47. The third-order valence-electron chi connectivity index (χ3n) is 3.28. The van der Waals surface area contributed by atoms with Crippen molar-refractivity contribution in [2.75, 3.05) is 5.32 Å². The van der Waals surface area contributed by atoms with Crippen LogP contribution in [-0.4, -0.2) is 20.2 Å². The van der Waals surface area contributed by atoms with Gasteiger partial charge in [0.2, 0.25) is 0 Å². The molecule has 0 saturated carbocycles. The van der Waals surface area contributed by atoms with Crippen LogP contribution in [0.3, 0.4) is 0 Å². The molecular formula is C16H15N3O2. The van der Waals surface area contributed by atoms with E-state index < -0.39 is 0 Å². The fourth-order valence-electron chi connectivity index (χ4n) is 2.10. The monoisotopic (exact) mass is 281 g/mol. The van der Waals surface area contributed by atoms with E-state index >= 15 is 0 Å². The number of phenols is 2. The molecule has 0 atom stereocenters. The quantitative estimate of drug-likeness (QED) is 0.554. The minimum atomic E-state index is -0.108. The SMILES string of the molecule is Oc1cccc(CNc2ccc(-c3cnc[nH]3)cc2)c1O. The zero-order valence-electron chi connectivity index (χ0n) is 11.2. The summed E-state index contributed by atoms with van der Waals surface area (Å²) in [6, 6.07) is 12.8. The molecule has 0 fully saturated rings. The first-order valence-electron chi connectivity index (χ1n) is 6.56. The van der Waals surface area contributed by atoms with Gasteiger partial charge in [0.05, 0.1) is 18.2 Å². The Hall–Kier alpha value is -2.95. The van der Waals surface area contributed by atoms with Crippen LogP contribution in [-0.2, 0) is 6.54 Å². The van der Waals surface area contributed by atoms with Crippen LogP contribution in [0.1, 0.15) is 5.56 Å². The minimum Gasteiger partial charge on any atom is -0.504 e. The first kappa shape index (κ1) is 13.1. The third kappa shape index (κ3) is 2.81. The number of phenolic OH excluding ortho intramolecular Hbond substituents is 2. The predicted octanol–water partition coefficient (Wildman–Crippen LogP) is 3.10. The molecule has 2 aromatic carbocycles. The summed E-state index contributed by atoms with van der Waals surface area (Å²) in [4.78, 5) is 7.04. The summed E-state index contributed by atoms with van der Waals surface area (Å²) in [6.07, 6.45) is 3.42. The van der Waals surface area contributed by atoms with Crippen LogP contribution in [0.5, 0.6) is 11.5 Å². The van der Waals surface area contributed by atoms with Crippen molar-refractivity contribution in [1.29, 1.82) is 0 Å². The second kappa shape index (κ2) is 5.58. The largest absolute Gasteiger partial charge is 0.504 e. The lowest BCUT2D eigenvalue weighted by atomic mass is 10.1. The van der Waals surface area contributed by atoms with E-state index in [4.69, 9.17) is 0 Å². The van der Waals surface area contributed by atoms with Crippen LogP contribution in [0.2, 0.25) is 0 Å². The number of hydrogen-bond donors (Lipinski definition) is 4. The molecule has 1 heterocycles. The molecule has 3 rings (SSSR count). The van der Waals surface area contributed by atoms with E-state index in [2.05, 4.69) is 15.3 Å². The second-order valence-electron chi connectivity index (χ2n) is 4.68. The Morgan fingerprint density at radius 1 is 1.05 bits per heavy atom. The van der Waals surface area contributed by atoms with Crippen molar-refractivity contribution >= 4 is 5.69 Å². The van der Waals surface area contributed by atoms with E-state index in [1.54, 1.807) is 24.7 Å². The molecule has 5 heteroatoms. The molecule has 0 amide bonds. The lowest BCUT2D eigenvalue weighted by molar-refractivity contribution is 0.400. The Morgan fingerprint density at radius 3 is 2.57 bits per heavy atom. The summed E-state index contributed by atoms with van der Waals surface area (Å²) in [5, 5.41) is 22.4. The predicted molar refractivity (Wildman–Crippen MR) is 81.1 cm³/mol. The van der Waals surface area contributed by atoms with Crippen LogP contribution in [0.25, 0.3) is 11.3 Å². The van der Waals surface area contributed by atoms with Gasteiger partial charge in [0.15, 0.2) is 11.5 Å². The van der Waals surface area contributed by atoms with Crippen molar-refractivity contribution in [2.45, 2.75) is 6.54 Å².